The van der Waals surface area contributed by atoms with Gasteiger partial charge in [-0.05, 0) is 30.3 Å². The van der Waals surface area contributed by atoms with Gasteiger partial charge in [-0.1, -0.05) is 68.1 Å². The molecular formula is C18H11Br2N. The van der Waals surface area contributed by atoms with Crippen molar-refractivity contribution in [3.63, 3.8) is 0 Å². The molecule has 3 aromatic carbocycles. The average molecular weight is 409 g/mol. The van der Waals surface area contributed by atoms with Crippen LogP contribution in [0.5, 0.6) is 0 Å². The number of benzene rings is 3. The van der Waals surface area contributed by atoms with Gasteiger partial charge >= 0.3 is 0 Å². The Hall–Kier alpha value is -1.58. The van der Waals surface area contributed by atoms with Crippen LogP contribution in [0.3, 0.4) is 0 Å². The van der Waals surface area contributed by atoms with Crippen LogP contribution >= 0.6 is 31.9 Å². The quantitative estimate of drug-likeness (QED) is 0.347. The van der Waals surface area contributed by atoms with E-state index in [4.69, 9.17) is 11.0 Å². The summed E-state index contributed by atoms with van der Waals surface area (Å²) in [5.41, 5.74) is 0.687. The van der Waals surface area contributed by atoms with Crippen LogP contribution in [-0.2, 0) is 0 Å². The minimum absolute atomic E-state index is 0.0640. The van der Waals surface area contributed by atoms with Crippen molar-refractivity contribution in [2.75, 3.05) is 0 Å². The van der Waals surface area contributed by atoms with Crippen LogP contribution in [0.4, 0.5) is 0 Å². The number of hydrogen-bond donors (Lipinski definition) is 0. The van der Waals surface area contributed by atoms with E-state index in [9.17, 15) is 0 Å². The van der Waals surface area contributed by atoms with Crippen LogP contribution in [0.25, 0.3) is 27.5 Å². The van der Waals surface area contributed by atoms with E-state index in [1.165, 1.54) is 4.57 Å². The first-order valence-electron chi connectivity index (χ1n) is 10.0. The Bertz CT molecular complexity index is 1270. The molecule has 0 amide bonds. The normalized spacial score (nSPS) is 16.7. The van der Waals surface area contributed by atoms with Crippen molar-refractivity contribution < 1.29 is 11.0 Å². The minimum atomic E-state index is -0.454. The van der Waals surface area contributed by atoms with Gasteiger partial charge in [0.15, 0.2) is 0 Å². The van der Waals surface area contributed by atoms with Crippen LogP contribution in [0.15, 0.2) is 75.5 Å². The van der Waals surface area contributed by atoms with Crippen LogP contribution < -0.4 is 0 Å². The topological polar surface area (TPSA) is 4.93 Å². The highest BCUT2D eigenvalue weighted by molar-refractivity contribution is 9.11. The summed E-state index contributed by atoms with van der Waals surface area (Å²) in [6.45, 7) is 0. The Balaban J connectivity index is 2.44. The van der Waals surface area contributed by atoms with Crippen LogP contribution in [-0.4, -0.2) is 4.57 Å². The lowest BCUT2D eigenvalue weighted by molar-refractivity contribution is 1.17. The summed E-state index contributed by atoms with van der Waals surface area (Å²) in [5.74, 6) is 0. The van der Waals surface area contributed by atoms with Crippen LogP contribution in [0.2, 0.25) is 0 Å². The summed E-state index contributed by atoms with van der Waals surface area (Å²) in [4.78, 5) is 0. The van der Waals surface area contributed by atoms with Gasteiger partial charge in [-0.2, -0.15) is 0 Å². The van der Waals surface area contributed by atoms with Crippen molar-refractivity contribution in [1.29, 1.82) is 0 Å². The number of halogens is 2. The van der Waals surface area contributed by atoms with E-state index >= 15 is 0 Å². The molecule has 0 unspecified atom stereocenters. The lowest BCUT2D eigenvalue weighted by Gasteiger charge is -2.09. The lowest BCUT2D eigenvalue weighted by atomic mass is 10.2. The molecule has 0 bridgehead atoms. The highest BCUT2D eigenvalue weighted by Gasteiger charge is 2.11. The number of rotatable bonds is 1. The first kappa shape index (κ1) is 7.12. The Morgan fingerprint density at radius 1 is 0.714 bits per heavy atom. The molecule has 1 heterocycles. The van der Waals surface area contributed by atoms with Gasteiger partial charge < -0.3 is 4.57 Å². The highest BCUT2D eigenvalue weighted by atomic mass is 79.9. The standard InChI is InChI=1S/C18H11Br2N/c19-12-9-13(20)11-14(10-12)21-17-7-3-1-5-15(17)16-6-2-4-8-18(16)21/h1-11H/i1D,2D,3D,4D,5D,6D,7D,8D. The average Bonchev–Trinajstić information content (AvgIpc) is 3.03. The molecule has 4 aromatic rings. The molecular weight excluding hydrogens is 390 g/mol. The molecule has 0 fully saturated rings. The maximum Gasteiger partial charge on any atom is 0.0645 e. The SMILES string of the molecule is [2H]c1c([2H])c([2H])c2c(c1[2H])c1c([2H])c([2H])c([2H])c([2H])c1n2-c1cc(Br)cc(Br)c1. The molecule has 21 heavy (non-hydrogen) atoms. The maximum atomic E-state index is 8.45. The van der Waals surface area contributed by atoms with Gasteiger partial charge in [-0.3, -0.25) is 0 Å². The number of nitrogens with zero attached hydrogens (tertiary/aromatic N) is 1. The van der Waals surface area contributed by atoms with Gasteiger partial charge in [0, 0.05) is 25.4 Å². The van der Waals surface area contributed by atoms with E-state index in [2.05, 4.69) is 31.9 Å². The van der Waals surface area contributed by atoms with E-state index in [0.717, 1.165) is 0 Å². The van der Waals surface area contributed by atoms with E-state index in [1.54, 1.807) is 18.2 Å². The first-order chi connectivity index (χ1) is 13.6. The molecule has 0 aliphatic carbocycles. The number of fused-ring (bicyclic) bond motifs is 3. The van der Waals surface area contributed by atoms with Crippen molar-refractivity contribution in [3.8, 4) is 5.69 Å². The minimum Gasteiger partial charge on any atom is -0.309 e. The summed E-state index contributed by atoms with van der Waals surface area (Å²) >= 11 is 6.80. The Labute approximate surface area is 150 Å². The molecule has 4 rings (SSSR count). The predicted octanol–water partition coefficient (Wildman–Crippen LogP) is 6.31. The van der Waals surface area contributed by atoms with Crippen molar-refractivity contribution in [2.24, 2.45) is 0 Å². The van der Waals surface area contributed by atoms with Gasteiger partial charge in [0.05, 0.1) is 22.0 Å². The summed E-state index contributed by atoms with van der Waals surface area (Å²) in [6, 6.07) is 2.13. The zero-order valence-electron chi connectivity index (χ0n) is 18.4. The largest absolute Gasteiger partial charge is 0.309 e. The molecule has 0 saturated carbocycles. The second-order valence-corrected chi connectivity index (χ2v) is 6.24. The number of aromatic nitrogens is 1. The zero-order valence-corrected chi connectivity index (χ0v) is 13.6. The maximum absolute atomic E-state index is 8.45. The van der Waals surface area contributed by atoms with Crippen molar-refractivity contribution in [1.82, 2.24) is 4.57 Å². The lowest BCUT2D eigenvalue weighted by Crippen LogP contribution is -1.93. The van der Waals surface area contributed by atoms with E-state index in [-0.39, 0.29) is 46.0 Å². The molecule has 0 radical (unpaired) electrons. The molecule has 3 heteroatoms. The fourth-order valence-corrected chi connectivity index (χ4v) is 3.62. The summed E-state index contributed by atoms with van der Waals surface area (Å²) in [7, 11) is 0. The molecule has 0 aliphatic rings. The molecule has 102 valence electrons. The third kappa shape index (κ3) is 2.12. The monoisotopic (exact) mass is 407 g/mol. The zero-order chi connectivity index (χ0) is 21.4. The summed E-state index contributed by atoms with van der Waals surface area (Å²) in [5, 5.41) is 0.128. The van der Waals surface area contributed by atoms with Gasteiger partial charge in [-0.25, -0.2) is 0 Å². The fourth-order valence-electron chi connectivity index (χ4n) is 2.35. The van der Waals surface area contributed by atoms with Crippen LogP contribution in [0.1, 0.15) is 11.0 Å². The van der Waals surface area contributed by atoms with Gasteiger partial charge in [0.2, 0.25) is 0 Å². The van der Waals surface area contributed by atoms with Crippen molar-refractivity contribution in [3.05, 3.63) is 75.5 Å². The van der Waals surface area contributed by atoms with E-state index in [1.807, 2.05) is 0 Å². The Morgan fingerprint density at radius 2 is 1.19 bits per heavy atom. The second kappa shape index (κ2) is 5.00. The molecule has 1 aromatic heterocycles. The molecule has 0 spiro atoms. The highest BCUT2D eigenvalue weighted by Crippen LogP contribution is 2.33. The fraction of sp³-hybridized carbons (Fsp3) is 0. The smallest absolute Gasteiger partial charge is 0.0645 e. The van der Waals surface area contributed by atoms with Gasteiger partial charge in [-0.15, -0.1) is 0 Å². The Morgan fingerprint density at radius 3 is 1.71 bits per heavy atom. The van der Waals surface area contributed by atoms with E-state index in [0.29, 0.717) is 14.6 Å². The number of hydrogen-bond acceptors (Lipinski definition) is 0. The first-order valence-corrected chi connectivity index (χ1v) is 7.62. The summed E-state index contributed by atoms with van der Waals surface area (Å²) < 4.78 is 68.8. The van der Waals surface area contributed by atoms with Crippen molar-refractivity contribution >= 4 is 53.7 Å². The van der Waals surface area contributed by atoms with Crippen molar-refractivity contribution in [2.45, 2.75) is 0 Å². The number of para-hydroxylation sites is 2. The van der Waals surface area contributed by atoms with E-state index < -0.39 is 24.2 Å². The molecule has 0 aliphatic heterocycles. The molecule has 0 saturated heterocycles. The third-order valence-electron chi connectivity index (χ3n) is 3.14. The molecule has 0 atom stereocenters. The molecule has 1 nitrogen and oxygen atoms in total. The van der Waals surface area contributed by atoms with Gasteiger partial charge in [0.1, 0.15) is 0 Å². The second-order valence-electron chi connectivity index (χ2n) is 4.41. The third-order valence-corrected chi connectivity index (χ3v) is 4.05. The van der Waals surface area contributed by atoms with Crippen LogP contribution in [0, 0.1) is 0 Å². The Kier molecular flexibility index (Phi) is 1.70. The van der Waals surface area contributed by atoms with Gasteiger partial charge in [0.25, 0.3) is 0 Å². The molecule has 0 N–H and O–H groups in total. The summed E-state index contributed by atoms with van der Waals surface area (Å²) in [6.07, 6.45) is 0. The predicted molar refractivity (Wildman–Crippen MR) is 96.2 cm³/mol.